The molecule has 2 aromatic carbocycles. The van der Waals surface area contributed by atoms with E-state index in [4.69, 9.17) is 0 Å². The van der Waals surface area contributed by atoms with Crippen LogP contribution in [0.1, 0.15) is 23.6 Å². The summed E-state index contributed by atoms with van der Waals surface area (Å²) in [5, 5.41) is 2.80. The predicted molar refractivity (Wildman–Crippen MR) is 86.9 cm³/mol. The van der Waals surface area contributed by atoms with E-state index >= 15 is 0 Å². The Hall–Kier alpha value is -2.31. The van der Waals surface area contributed by atoms with Gasteiger partial charge in [0.25, 0.3) is 0 Å². The number of carbonyl (C=O) groups excluding carboxylic acids is 1. The second-order valence-corrected chi connectivity index (χ2v) is 5.86. The first-order valence-electron chi connectivity index (χ1n) is 7.90. The topological polar surface area (TPSA) is 53.2 Å². The first-order chi connectivity index (χ1) is 11.6. The van der Waals surface area contributed by atoms with Crippen LogP contribution in [0.3, 0.4) is 0 Å². The molecule has 2 unspecified atom stereocenters. The summed E-state index contributed by atoms with van der Waals surface area (Å²) in [7, 11) is 0. The lowest BCUT2D eigenvalue weighted by molar-refractivity contribution is -0.122. The van der Waals surface area contributed by atoms with E-state index in [1.807, 2.05) is 30.3 Å². The van der Waals surface area contributed by atoms with Gasteiger partial charge in [0.05, 0.1) is 0 Å². The van der Waals surface area contributed by atoms with Gasteiger partial charge in [0.15, 0.2) is 0 Å². The number of hydrogen-bond donors (Lipinski definition) is 3. The SMILES string of the molecule is O=C(NCCc1cc(F)cc(F)c1)C1CC(c2ccccc2)NN1. The number of rotatable bonds is 5. The van der Waals surface area contributed by atoms with Crippen molar-refractivity contribution in [3.05, 3.63) is 71.3 Å². The van der Waals surface area contributed by atoms with Crippen molar-refractivity contribution in [1.82, 2.24) is 16.2 Å². The third kappa shape index (κ3) is 4.15. The number of hydrogen-bond acceptors (Lipinski definition) is 3. The molecule has 4 nitrogen and oxygen atoms in total. The summed E-state index contributed by atoms with van der Waals surface area (Å²) in [6.45, 7) is 0.329. The Morgan fingerprint density at radius 2 is 1.79 bits per heavy atom. The summed E-state index contributed by atoms with van der Waals surface area (Å²) >= 11 is 0. The van der Waals surface area contributed by atoms with E-state index in [9.17, 15) is 13.6 Å². The van der Waals surface area contributed by atoms with Gasteiger partial charge in [0.2, 0.25) is 5.91 Å². The first kappa shape index (κ1) is 16.5. The van der Waals surface area contributed by atoms with Crippen molar-refractivity contribution < 1.29 is 13.6 Å². The van der Waals surface area contributed by atoms with Crippen LogP contribution in [-0.4, -0.2) is 18.5 Å². The number of amides is 1. The van der Waals surface area contributed by atoms with E-state index in [1.165, 1.54) is 12.1 Å². The van der Waals surface area contributed by atoms with Crippen LogP contribution in [-0.2, 0) is 11.2 Å². The molecule has 24 heavy (non-hydrogen) atoms. The molecular formula is C18H19F2N3O. The van der Waals surface area contributed by atoms with Gasteiger partial charge in [-0.05, 0) is 36.1 Å². The number of carbonyl (C=O) groups is 1. The van der Waals surface area contributed by atoms with Crippen LogP contribution in [0, 0.1) is 11.6 Å². The molecule has 1 fully saturated rings. The molecule has 0 radical (unpaired) electrons. The van der Waals surface area contributed by atoms with Crippen LogP contribution >= 0.6 is 0 Å². The van der Waals surface area contributed by atoms with Crippen LogP contribution in [0.15, 0.2) is 48.5 Å². The zero-order chi connectivity index (χ0) is 16.9. The Morgan fingerprint density at radius 1 is 1.08 bits per heavy atom. The van der Waals surface area contributed by atoms with Crippen molar-refractivity contribution in [2.45, 2.75) is 24.9 Å². The molecule has 0 aromatic heterocycles. The molecule has 0 spiro atoms. The number of halogens is 2. The van der Waals surface area contributed by atoms with Crippen molar-refractivity contribution >= 4 is 5.91 Å². The second-order valence-electron chi connectivity index (χ2n) is 5.86. The summed E-state index contributed by atoms with van der Waals surface area (Å²) in [6.07, 6.45) is 1.02. The minimum Gasteiger partial charge on any atom is -0.354 e. The Bertz CT molecular complexity index is 688. The highest BCUT2D eigenvalue weighted by atomic mass is 19.1. The van der Waals surface area contributed by atoms with Crippen LogP contribution in [0.5, 0.6) is 0 Å². The van der Waals surface area contributed by atoms with Gasteiger partial charge in [-0.3, -0.25) is 4.79 Å². The Morgan fingerprint density at radius 3 is 2.50 bits per heavy atom. The largest absolute Gasteiger partial charge is 0.354 e. The van der Waals surface area contributed by atoms with Gasteiger partial charge in [-0.2, -0.15) is 0 Å². The van der Waals surface area contributed by atoms with Gasteiger partial charge >= 0.3 is 0 Å². The zero-order valence-electron chi connectivity index (χ0n) is 13.1. The van der Waals surface area contributed by atoms with Gasteiger partial charge in [-0.25, -0.2) is 19.6 Å². The first-order valence-corrected chi connectivity index (χ1v) is 7.90. The fraction of sp³-hybridized carbons (Fsp3) is 0.278. The molecule has 2 atom stereocenters. The third-order valence-corrected chi connectivity index (χ3v) is 4.06. The molecule has 3 rings (SSSR count). The maximum atomic E-state index is 13.1. The standard InChI is InChI=1S/C18H19F2N3O/c19-14-8-12(9-15(20)10-14)6-7-21-18(24)17-11-16(22-23-17)13-4-2-1-3-5-13/h1-5,8-10,16-17,22-23H,6-7,11H2,(H,21,24). The summed E-state index contributed by atoms with van der Waals surface area (Å²) < 4.78 is 26.2. The fourth-order valence-corrected chi connectivity index (χ4v) is 2.84. The maximum absolute atomic E-state index is 13.1. The van der Waals surface area contributed by atoms with E-state index in [1.54, 1.807) is 0 Å². The van der Waals surface area contributed by atoms with Gasteiger partial charge in [0.1, 0.15) is 17.7 Å². The van der Waals surface area contributed by atoms with E-state index in [-0.39, 0.29) is 18.0 Å². The zero-order valence-corrected chi connectivity index (χ0v) is 13.1. The third-order valence-electron chi connectivity index (χ3n) is 4.06. The molecule has 6 heteroatoms. The predicted octanol–water partition coefficient (Wildman–Crippen LogP) is 2.23. The van der Waals surface area contributed by atoms with Crippen molar-refractivity contribution in [3.8, 4) is 0 Å². The molecule has 1 heterocycles. The minimum atomic E-state index is -0.608. The lowest BCUT2D eigenvalue weighted by Gasteiger charge is -2.11. The average molecular weight is 331 g/mol. The highest BCUT2D eigenvalue weighted by Gasteiger charge is 2.29. The summed E-state index contributed by atoms with van der Waals surface area (Å²) in [5.74, 6) is -1.34. The molecule has 126 valence electrons. The Kier molecular flexibility index (Phi) is 5.17. The van der Waals surface area contributed by atoms with E-state index in [0.29, 0.717) is 24.9 Å². The van der Waals surface area contributed by atoms with Gasteiger partial charge in [0, 0.05) is 18.7 Å². The van der Waals surface area contributed by atoms with Gasteiger partial charge in [-0.1, -0.05) is 30.3 Å². The number of hydrazine groups is 1. The average Bonchev–Trinajstić information content (AvgIpc) is 3.05. The van der Waals surface area contributed by atoms with E-state index in [0.717, 1.165) is 11.6 Å². The van der Waals surface area contributed by atoms with E-state index in [2.05, 4.69) is 16.2 Å². The molecule has 1 aliphatic heterocycles. The van der Waals surface area contributed by atoms with Crippen molar-refractivity contribution in [1.29, 1.82) is 0 Å². The molecule has 2 aromatic rings. The molecule has 0 aliphatic carbocycles. The Balaban J connectivity index is 1.47. The molecule has 0 saturated carbocycles. The maximum Gasteiger partial charge on any atom is 0.238 e. The summed E-state index contributed by atoms with van der Waals surface area (Å²) in [5.41, 5.74) is 7.75. The molecule has 0 bridgehead atoms. The molecule has 1 amide bonds. The summed E-state index contributed by atoms with van der Waals surface area (Å²) in [6, 6.07) is 13.0. The van der Waals surface area contributed by atoms with Gasteiger partial charge < -0.3 is 5.32 Å². The highest BCUT2D eigenvalue weighted by molar-refractivity contribution is 5.82. The monoisotopic (exact) mass is 331 g/mol. The molecular weight excluding hydrogens is 312 g/mol. The van der Waals surface area contributed by atoms with Crippen LogP contribution < -0.4 is 16.2 Å². The normalized spacial score (nSPS) is 20.1. The molecule has 1 aliphatic rings. The van der Waals surface area contributed by atoms with Crippen LogP contribution in [0.2, 0.25) is 0 Å². The smallest absolute Gasteiger partial charge is 0.238 e. The van der Waals surface area contributed by atoms with Crippen molar-refractivity contribution in [2.75, 3.05) is 6.54 Å². The lowest BCUT2D eigenvalue weighted by Crippen LogP contribution is -2.43. The molecule has 1 saturated heterocycles. The van der Waals surface area contributed by atoms with E-state index < -0.39 is 11.6 Å². The summed E-state index contributed by atoms with van der Waals surface area (Å²) in [4.78, 5) is 12.2. The van der Waals surface area contributed by atoms with Crippen LogP contribution in [0.4, 0.5) is 8.78 Å². The van der Waals surface area contributed by atoms with Gasteiger partial charge in [-0.15, -0.1) is 0 Å². The van der Waals surface area contributed by atoms with Crippen LogP contribution in [0.25, 0.3) is 0 Å². The van der Waals surface area contributed by atoms with Crippen molar-refractivity contribution in [3.63, 3.8) is 0 Å². The fourth-order valence-electron chi connectivity index (χ4n) is 2.84. The quantitative estimate of drug-likeness (QED) is 0.788. The number of benzene rings is 2. The number of nitrogens with one attached hydrogen (secondary N) is 3. The Labute approximate surface area is 139 Å². The highest BCUT2D eigenvalue weighted by Crippen LogP contribution is 2.21. The minimum absolute atomic E-state index is 0.0827. The molecule has 3 N–H and O–H groups in total. The van der Waals surface area contributed by atoms with Crippen molar-refractivity contribution in [2.24, 2.45) is 0 Å². The lowest BCUT2D eigenvalue weighted by atomic mass is 10.0. The second kappa shape index (κ2) is 7.51.